The predicted molar refractivity (Wildman–Crippen MR) is 65.2 cm³/mol. The molecule has 0 unspecified atom stereocenters. The minimum absolute atomic E-state index is 0.0381. The Kier molecular flexibility index (Phi) is 3.74. The second-order valence-corrected chi connectivity index (χ2v) is 3.98. The molecular formula is C13H14N2O3. The molecule has 0 amide bonds. The highest BCUT2D eigenvalue weighted by Gasteiger charge is 2.08. The fourth-order valence-electron chi connectivity index (χ4n) is 1.52. The Hall–Kier alpha value is -2.14. The van der Waals surface area contributed by atoms with Crippen LogP contribution in [0.2, 0.25) is 0 Å². The van der Waals surface area contributed by atoms with Crippen molar-refractivity contribution in [2.45, 2.75) is 20.0 Å². The van der Waals surface area contributed by atoms with E-state index in [9.17, 15) is 4.79 Å². The van der Waals surface area contributed by atoms with E-state index in [-0.39, 0.29) is 5.76 Å². The van der Waals surface area contributed by atoms with Crippen LogP contribution in [0.3, 0.4) is 0 Å². The van der Waals surface area contributed by atoms with Gasteiger partial charge in [0.25, 0.3) is 0 Å². The number of hydrogen-bond acceptors (Lipinski definition) is 4. The second kappa shape index (κ2) is 5.46. The number of carboxylic acids is 1. The Morgan fingerprint density at radius 1 is 1.33 bits per heavy atom. The van der Waals surface area contributed by atoms with Crippen molar-refractivity contribution in [1.29, 1.82) is 0 Å². The van der Waals surface area contributed by atoms with Gasteiger partial charge in [-0.1, -0.05) is 6.07 Å². The first-order valence-corrected chi connectivity index (χ1v) is 5.59. The number of furan rings is 1. The lowest BCUT2D eigenvalue weighted by Crippen LogP contribution is -2.12. The number of nitrogens with zero attached hydrogens (tertiary/aromatic N) is 1. The number of rotatable bonds is 5. The molecule has 2 aromatic rings. The molecule has 0 aliphatic heterocycles. The van der Waals surface area contributed by atoms with Crippen molar-refractivity contribution < 1.29 is 14.3 Å². The van der Waals surface area contributed by atoms with Gasteiger partial charge in [-0.15, -0.1) is 0 Å². The monoisotopic (exact) mass is 246 g/mol. The van der Waals surface area contributed by atoms with Gasteiger partial charge in [0.1, 0.15) is 5.76 Å². The number of aromatic carboxylic acids is 1. The predicted octanol–water partition coefficient (Wildman–Crippen LogP) is 1.97. The zero-order chi connectivity index (χ0) is 13.0. The van der Waals surface area contributed by atoms with Crippen molar-refractivity contribution in [3.63, 3.8) is 0 Å². The summed E-state index contributed by atoms with van der Waals surface area (Å²) in [6.07, 6.45) is 1.81. The summed E-state index contributed by atoms with van der Waals surface area (Å²) >= 11 is 0. The highest BCUT2D eigenvalue weighted by Crippen LogP contribution is 2.07. The molecule has 0 aromatic carbocycles. The molecule has 94 valence electrons. The molecule has 5 nitrogen and oxygen atoms in total. The van der Waals surface area contributed by atoms with Crippen LogP contribution in [0, 0.1) is 6.92 Å². The van der Waals surface area contributed by atoms with Gasteiger partial charge in [-0.05, 0) is 30.7 Å². The number of aromatic nitrogens is 1. The van der Waals surface area contributed by atoms with Gasteiger partial charge >= 0.3 is 5.97 Å². The molecule has 18 heavy (non-hydrogen) atoms. The van der Waals surface area contributed by atoms with E-state index in [2.05, 4.69) is 10.3 Å². The maximum absolute atomic E-state index is 10.6. The van der Waals surface area contributed by atoms with Crippen LogP contribution in [0.1, 0.15) is 27.6 Å². The Morgan fingerprint density at radius 3 is 2.78 bits per heavy atom. The van der Waals surface area contributed by atoms with E-state index in [1.54, 1.807) is 6.07 Å². The highest BCUT2D eigenvalue weighted by atomic mass is 16.4. The van der Waals surface area contributed by atoms with Crippen molar-refractivity contribution in [3.8, 4) is 0 Å². The fourth-order valence-corrected chi connectivity index (χ4v) is 1.52. The first-order chi connectivity index (χ1) is 8.65. The van der Waals surface area contributed by atoms with Gasteiger partial charge in [0.05, 0.1) is 6.54 Å². The van der Waals surface area contributed by atoms with Gasteiger partial charge in [-0.2, -0.15) is 0 Å². The number of carboxylic acid groups (broad SMARTS) is 1. The third-order valence-electron chi connectivity index (χ3n) is 2.47. The quantitative estimate of drug-likeness (QED) is 0.843. The number of carbonyl (C=O) groups is 1. The number of aryl methyl sites for hydroxylation is 1. The zero-order valence-electron chi connectivity index (χ0n) is 10.0. The minimum atomic E-state index is -1.05. The first-order valence-electron chi connectivity index (χ1n) is 5.59. The molecule has 0 aliphatic rings. The molecular weight excluding hydrogens is 232 g/mol. The van der Waals surface area contributed by atoms with Gasteiger partial charge in [0, 0.05) is 18.4 Å². The highest BCUT2D eigenvalue weighted by molar-refractivity contribution is 5.84. The van der Waals surface area contributed by atoms with Gasteiger partial charge in [-0.25, -0.2) is 4.79 Å². The van der Waals surface area contributed by atoms with Crippen molar-refractivity contribution in [2.24, 2.45) is 0 Å². The molecule has 2 aromatic heterocycles. The maximum Gasteiger partial charge on any atom is 0.371 e. The van der Waals surface area contributed by atoms with Crippen molar-refractivity contribution in [2.75, 3.05) is 0 Å². The summed E-state index contributed by atoms with van der Waals surface area (Å²) < 4.78 is 5.12. The van der Waals surface area contributed by atoms with Crippen LogP contribution in [0.15, 0.2) is 34.9 Å². The molecule has 0 saturated heterocycles. The number of pyridine rings is 1. The largest absolute Gasteiger partial charge is 0.475 e. The normalized spacial score (nSPS) is 10.5. The Balaban J connectivity index is 1.84. The van der Waals surface area contributed by atoms with Gasteiger partial charge in [-0.3, -0.25) is 4.98 Å². The summed E-state index contributed by atoms with van der Waals surface area (Å²) in [7, 11) is 0. The molecule has 2 N–H and O–H groups in total. The first kappa shape index (κ1) is 12.3. The molecule has 0 radical (unpaired) electrons. The topological polar surface area (TPSA) is 75.4 Å². The smallest absolute Gasteiger partial charge is 0.371 e. The second-order valence-electron chi connectivity index (χ2n) is 3.98. The molecule has 0 saturated carbocycles. The molecule has 5 heteroatoms. The van der Waals surface area contributed by atoms with Crippen molar-refractivity contribution in [3.05, 3.63) is 53.2 Å². The van der Waals surface area contributed by atoms with Crippen LogP contribution in [-0.4, -0.2) is 16.1 Å². The summed E-state index contributed by atoms with van der Waals surface area (Å²) in [4.78, 5) is 14.8. The lowest BCUT2D eigenvalue weighted by atomic mass is 10.2. The van der Waals surface area contributed by atoms with E-state index in [1.165, 1.54) is 6.07 Å². The van der Waals surface area contributed by atoms with Crippen LogP contribution < -0.4 is 5.32 Å². The minimum Gasteiger partial charge on any atom is -0.475 e. The average molecular weight is 246 g/mol. The van der Waals surface area contributed by atoms with E-state index in [0.717, 1.165) is 11.3 Å². The summed E-state index contributed by atoms with van der Waals surface area (Å²) in [5.74, 6) is -0.486. The van der Waals surface area contributed by atoms with Crippen LogP contribution in [0.5, 0.6) is 0 Å². The van der Waals surface area contributed by atoms with Crippen LogP contribution >= 0.6 is 0 Å². The standard InChI is InChI=1S/C13H14N2O3/c1-9-2-3-10(7-15-9)6-14-8-11-4-5-12(18-11)13(16)17/h2-5,7,14H,6,8H2,1H3,(H,16,17). The average Bonchev–Trinajstić information content (AvgIpc) is 2.81. The SMILES string of the molecule is Cc1ccc(CNCc2ccc(C(=O)O)o2)cn1. The van der Waals surface area contributed by atoms with Gasteiger partial charge in [0.2, 0.25) is 5.76 Å². The molecule has 0 bridgehead atoms. The molecule has 0 atom stereocenters. The Morgan fingerprint density at radius 2 is 2.17 bits per heavy atom. The van der Waals surface area contributed by atoms with Crippen LogP contribution in [0.4, 0.5) is 0 Å². The van der Waals surface area contributed by atoms with E-state index in [1.807, 2.05) is 25.3 Å². The molecule has 2 heterocycles. The lowest BCUT2D eigenvalue weighted by Gasteiger charge is -2.02. The summed E-state index contributed by atoms with van der Waals surface area (Å²) in [5.41, 5.74) is 2.06. The Labute approximate surface area is 104 Å². The van der Waals surface area contributed by atoms with Crippen LogP contribution in [0.25, 0.3) is 0 Å². The lowest BCUT2D eigenvalue weighted by molar-refractivity contribution is 0.0660. The third kappa shape index (κ3) is 3.18. The van der Waals surface area contributed by atoms with E-state index >= 15 is 0 Å². The van der Waals surface area contributed by atoms with Crippen molar-refractivity contribution >= 4 is 5.97 Å². The molecule has 0 aliphatic carbocycles. The van der Waals surface area contributed by atoms with E-state index < -0.39 is 5.97 Å². The maximum atomic E-state index is 10.6. The summed E-state index contributed by atoms with van der Waals surface area (Å²) in [6, 6.07) is 7.06. The van der Waals surface area contributed by atoms with Gasteiger partial charge < -0.3 is 14.8 Å². The van der Waals surface area contributed by atoms with Crippen LogP contribution in [-0.2, 0) is 13.1 Å². The third-order valence-corrected chi connectivity index (χ3v) is 2.47. The van der Waals surface area contributed by atoms with Crippen molar-refractivity contribution in [1.82, 2.24) is 10.3 Å². The van der Waals surface area contributed by atoms with E-state index in [4.69, 9.17) is 9.52 Å². The molecule has 0 fully saturated rings. The zero-order valence-corrected chi connectivity index (χ0v) is 10.0. The molecule has 0 spiro atoms. The summed E-state index contributed by atoms with van der Waals surface area (Å²) in [5, 5.41) is 11.9. The number of hydrogen-bond donors (Lipinski definition) is 2. The summed E-state index contributed by atoms with van der Waals surface area (Å²) in [6.45, 7) is 3.09. The fraction of sp³-hybridized carbons (Fsp3) is 0.231. The van der Waals surface area contributed by atoms with Gasteiger partial charge in [0.15, 0.2) is 0 Å². The molecule has 2 rings (SSSR count). The number of nitrogens with one attached hydrogen (secondary N) is 1. The van der Waals surface area contributed by atoms with E-state index in [0.29, 0.717) is 18.8 Å². The Bertz CT molecular complexity index is 531.